The van der Waals surface area contributed by atoms with Crippen LogP contribution in [0.1, 0.15) is 16.4 Å². The molecule has 0 saturated carbocycles. The highest BCUT2D eigenvalue weighted by Gasteiger charge is 2.16. The lowest BCUT2D eigenvalue weighted by Crippen LogP contribution is -2.04. The number of esters is 1. The number of furan rings is 1. The number of rotatable bonds is 4. The summed E-state index contributed by atoms with van der Waals surface area (Å²) in [6.07, 6.45) is 0. The lowest BCUT2D eigenvalue weighted by molar-refractivity contribution is 0.0405. The van der Waals surface area contributed by atoms with Crippen LogP contribution in [0.2, 0.25) is 0 Å². The van der Waals surface area contributed by atoms with E-state index < -0.39 is 5.97 Å². The zero-order chi connectivity index (χ0) is 16.4. The predicted octanol–water partition coefficient (Wildman–Crippen LogP) is 3.84. The van der Waals surface area contributed by atoms with Gasteiger partial charge in [0.1, 0.15) is 5.58 Å². The Morgan fingerprint density at radius 2 is 1.75 bits per heavy atom. The van der Waals surface area contributed by atoms with E-state index in [4.69, 9.17) is 13.6 Å². The maximum Gasteiger partial charge on any atom is 0.374 e. The van der Waals surface area contributed by atoms with Crippen LogP contribution in [0.25, 0.3) is 22.4 Å². The highest BCUT2D eigenvalue weighted by molar-refractivity contribution is 5.92. The van der Waals surface area contributed by atoms with Crippen LogP contribution in [0.3, 0.4) is 0 Å². The number of carbonyl (C=O) groups excluding carboxylic acids is 1. The molecule has 4 aromatic rings. The number of aromatic nitrogens is 2. The van der Waals surface area contributed by atoms with E-state index in [9.17, 15) is 4.79 Å². The third kappa shape index (κ3) is 2.77. The molecule has 0 radical (unpaired) electrons. The first-order valence-corrected chi connectivity index (χ1v) is 7.33. The zero-order valence-electron chi connectivity index (χ0n) is 12.5. The minimum atomic E-state index is -0.578. The molecule has 0 N–H and O–H groups in total. The van der Waals surface area contributed by atoms with E-state index in [0.717, 1.165) is 10.9 Å². The summed E-state index contributed by atoms with van der Waals surface area (Å²) in [6, 6.07) is 18.4. The molecule has 2 heterocycles. The number of carbonyl (C=O) groups is 1. The van der Waals surface area contributed by atoms with Crippen LogP contribution in [-0.2, 0) is 11.3 Å². The smallest absolute Gasteiger partial charge is 0.374 e. The van der Waals surface area contributed by atoms with Crippen LogP contribution >= 0.6 is 0 Å². The summed E-state index contributed by atoms with van der Waals surface area (Å²) in [7, 11) is 0. The van der Waals surface area contributed by atoms with E-state index in [1.807, 2.05) is 48.5 Å². The van der Waals surface area contributed by atoms with Crippen LogP contribution in [0.15, 0.2) is 69.5 Å². The molecule has 118 valence electrons. The quantitative estimate of drug-likeness (QED) is 0.532. The van der Waals surface area contributed by atoms with Crippen molar-refractivity contribution < 1.29 is 18.4 Å². The van der Waals surface area contributed by atoms with Gasteiger partial charge in [-0.3, -0.25) is 0 Å². The first-order chi connectivity index (χ1) is 11.8. The fourth-order valence-corrected chi connectivity index (χ4v) is 2.29. The normalized spacial score (nSPS) is 10.8. The molecule has 24 heavy (non-hydrogen) atoms. The molecular weight excluding hydrogens is 308 g/mol. The van der Waals surface area contributed by atoms with Crippen molar-refractivity contribution in [3.8, 4) is 11.5 Å². The third-order valence-electron chi connectivity index (χ3n) is 3.44. The molecule has 6 heteroatoms. The summed E-state index contributed by atoms with van der Waals surface area (Å²) < 4.78 is 16.1. The van der Waals surface area contributed by atoms with Crippen molar-refractivity contribution in [1.29, 1.82) is 0 Å². The molecule has 0 aliphatic rings. The molecule has 0 unspecified atom stereocenters. The average Bonchev–Trinajstić information content (AvgIpc) is 3.27. The van der Waals surface area contributed by atoms with Gasteiger partial charge in [0.05, 0.1) is 0 Å². The van der Waals surface area contributed by atoms with Gasteiger partial charge in [-0.15, -0.1) is 10.2 Å². The Hall–Kier alpha value is -3.41. The molecule has 0 atom stereocenters. The second-order valence-corrected chi connectivity index (χ2v) is 5.09. The van der Waals surface area contributed by atoms with Crippen molar-refractivity contribution in [2.45, 2.75) is 6.61 Å². The van der Waals surface area contributed by atoms with Crippen LogP contribution in [0.4, 0.5) is 0 Å². The lowest BCUT2D eigenvalue weighted by Gasteiger charge is -1.98. The average molecular weight is 320 g/mol. The highest BCUT2D eigenvalue weighted by atomic mass is 16.6. The van der Waals surface area contributed by atoms with E-state index in [-0.39, 0.29) is 18.3 Å². The molecule has 0 aliphatic heterocycles. The number of nitrogens with zero attached hydrogens (tertiary/aromatic N) is 2. The molecular formula is C18H12N2O4. The molecule has 0 bridgehead atoms. The Bertz CT molecular complexity index is 955. The number of ether oxygens (including phenoxy) is 1. The molecule has 0 spiro atoms. The van der Waals surface area contributed by atoms with Crippen LogP contribution in [0.5, 0.6) is 0 Å². The monoisotopic (exact) mass is 320 g/mol. The number of hydrogen-bond donors (Lipinski definition) is 0. The Labute approximate surface area is 136 Å². The Kier molecular flexibility index (Phi) is 3.55. The van der Waals surface area contributed by atoms with Gasteiger partial charge in [-0.05, 0) is 24.3 Å². The van der Waals surface area contributed by atoms with Gasteiger partial charge in [-0.25, -0.2) is 4.79 Å². The molecule has 2 aromatic heterocycles. The van der Waals surface area contributed by atoms with E-state index >= 15 is 0 Å². The van der Waals surface area contributed by atoms with Crippen molar-refractivity contribution in [3.05, 3.63) is 72.3 Å². The van der Waals surface area contributed by atoms with Crippen molar-refractivity contribution >= 4 is 16.9 Å². The summed E-state index contributed by atoms with van der Waals surface area (Å²) >= 11 is 0. The van der Waals surface area contributed by atoms with E-state index in [0.29, 0.717) is 11.5 Å². The van der Waals surface area contributed by atoms with Gasteiger partial charge in [0, 0.05) is 10.9 Å². The van der Waals surface area contributed by atoms with Crippen molar-refractivity contribution in [2.75, 3.05) is 0 Å². The Morgan fingerprint density at radius 3 is 2.58 bits per heavy atom. The third-order valence-corrected chi connectivity index (χ3v) is 3.44. The van der Waals surface area contributed by atoms with Crippen LogP contribution in [0, 0.1) is 0 Å². The number of hydrogen-bond acceptors (Lipinski definition) is 6. The van der Waals surface area contributed by atoms with E-state index in [2.05, 4.69) is 10.2 Å². The second kappa shape index (κ2) is 6.00. The molecule has 2 aromatic carbocycles. The number of benzene rings is 2. The minimum Gasteiger partial charge on any atom is -0.450 e. The van der Waals surface area contributed by atoms with Crippen molar-refractivity contribution in [1.82, 2.24) is 10.2 Å². The summed E-state index contributed by atoms with van der Waals surface area (Å²) in [6.45, 7) is -0.115. The van der Waals surface area contributed by atoms with Gasteiger partial charge in [-0.2, -0.15) is 0 Å². The molecule has 0 saturated heterocycles. The SMILES string of the molecule is O=C(OCc1nnc(-c2ccccc2)o1)c1cc2ccccc2o1. The lowest BCUT2D eigenvalue weighted by atomic mass is 10.2. The second-order valence-electron chi connectivity index (χ2n) is 5.09. The first-order valence-electron chi connectivity index (χ1n) is 7.33. The van der Waals surface area contributed by atoms with Crippen molar-refractivity contribution in [2.24, 2.45) is 0 Å². The summed E-state index contributed by atoms with van der Waals surface area (Å²) in [5.41, 5.74) is 1.44. The van der Waals surface area contributed by atoms with Crippen LogP contribution in [-0.4, -0.2) is 16.2 Å². The largest absolute Gasteiger partial charge is 0.450 e. The van der Waals surface area contributed by atoms with Gasteiger partial charge in [0.25, 0.3) is 5.89 Å². The molecule has 0 aliphatic carbocycles. The first kappa shape index (κ1) is 14.2. The Balaban J connectivity index is 1.45. The topological polar surface area (TPSA) is 78.4 Å². The van der Waals surface area contributed by atoms with E-state index in [1.54, 1.807) is 12.1 Å². The maximum atomic E-state index is 12.1. The van der Waals surface area contributed by atoms with E-state index in [1.165, 1.54) is 0 Å². The number of fused-ring (bicyclic) bond motifs is 1. The Morgan fingerprint density at radius 1 is 0.958 bits per heavy atom. The standard InChI is InChI=1S/C18H12N2O4/c21-18(15-10-13-8-4-5-9-14(13)23-15)22-11-16-19-20-17(24-16)12-6-2-1-3-7-12/h1-10H,11H2. The van der Waals surface area contributed by atoms with Crippen molar-refractivity contribution in [3.63, 3.8) is 0 Å². The van der Waals surface area contributed by atoms with Gasteiger partial charge in [0.2, 0.25) is 11.7 Å². The fraction of sp³-hybridized carbons (Fsp3) is 0.0556. The molecule has 4 rings (SSSR count). The number of para-hydroxylation sites is 1. The fourth-order valence-electron chi connectivity index (χ4n) is 2.29. The zero-order valence-corrected chi connectivity index (χ0v) is 12.5. The van der Waals surface area contributed by atoms with Gasteiger partial charge >= 0.3 is 5.97 Å². The molecule has 0 amide bonds. The highest BCUT2D eigenvalue weighted by Crippen LogP contribution is 2.20. The van der Waals surface area contributed by atoms with Gasteiger partial charge < -0.3 is 13.6 Å². The molecule has 0 fully saturated rings. The molecule has 6 nitrogen and oxygen atoms in total. The van der Waals surface area contributed by atoms with Gasteiger partial charge in [-0.1, -0.05) is 36.4 Å². The van der Waals surface area contributed by atoms with Crippen LogP contribution < -0.4 is 0 Å². The van der Waals surface area contributed by atoms with Gasteiger partial charge in [0.15, 0.2) is 6.61 Å². The maximum absolute atomic E-state index is 12.1. The summed E-state index contributed by atoms with van der Waals surface area (Å²) in [5.74, 6) is 0.161. The predicted molar refractivity (Wildman–Crippen MR) is 85.1 cm³/mol. The summed E-state index contributed by atoms with van der Waals surface area (Å²) in [5, 5.41) is 8.66. The minimum absolute atomic E-state index is 0.115. The summed E-state index contributed by atoms with van der Waals surface area (Å²) in [4.78, 5) is 12.1.